The largest absolute Gasteiger partial charge is 0.491 e. The van der Waals surface area contributed by atoms with E-state index in [-0.39, 0.29) is 12.2 Å². The van der Waals surface area contributed by atoms with Crippen molar-refractivity contribution in [3.8, 4) is 22.8 Å². The molecule has 0 radical (unpaired) electrons. The maximum absolute atomic E-state index is 12.4. The molecule has 0 spiro atoms. The number of methoxy groups -OCH3 is 1. The Labute approximate surface area is 262 Å². The number of ether oxygens (including phenoxy) is 2. The molecule has 0 unspecified atom stereocenters. The van der Waals surface area contributed by atoms with Crippen LogP contribution >= 0.6 is 22.9 Å². The molecule has 1 aromatic carbocycles. The summed E-state index contributed by atoms with van der Waals surface area (Å²) < 4.78 is 12.3. The van der Waals surface area contributed by atoms with E-state index in [0.29, 0.717) is 58.9 Å². The molecule has 0 amide bonds. The lowest BCUT2D eigenvalue weighted by Gasteiger charge is -2.37. The molecule has 0 atom stereocenters. The number of amidine groups is 1. The smallest absolute Gasteiger partial charge is 0.338 e. The number of aryl methyl sites for hydroxylation is 1. The number of carboxylic acids is 1. The molecule has 2 aliphatic heterocycles. The van der Waals surface area contributed by atoms with Crippen LogP contribution in [-0.2, 0) is 4.79 Å². The number of nitrogens with zero attached hydrogens (tertiary/aromatic N) is 5. The van der Waals surface area contributed by atoms with Gasteiger partial charge in [-0.3, -0.25) is 4.98 Å². The summed E-state index contributed by atoms with van der Waals surface area (Å²) in [5.41, 5.74) is 5.91. The Bertz CT molecular complexity index is 1910. The average Bonchev–Trinajstić information content (AvgIpc) is 3.45. The molecule has 6 rings (SSSR count). The Morgan fingerprint density at radius 3 is 2.80 bits per heavy atom. The number of anilines is 1. The molecule has 0 bridgehead atoms. The Kier molecular flexibility index (Phi) is 8.09. The monoisotopic (exact) mass is 629 g/mol. The highest BCUT2D eigenvalue weighted by molar-refractivity contribution is 7.18. The number of aliphatic imine (C=N–C) groups is 1. The fraction of sp³-hybridized carbons (Fsp3) is 0.250. The van der Waals surface area contributed by atoms with E-state index < -0.39 is 5.97 Å². The second kappa shape index (κ2) is 12.1. The number of fused-ring (bicyclic) bond motifs is 1. The first-order valence-electron chi connectivity index (χ1n) is 13.9. The summed E-state index contributed by atoms with van der Waals surface area (Å²) in [6.07, 6.45) is 2.39. The van der Waals surface area contributed by atoms with Gasteiger partial charge >= 0.3 is 5.97 Å². The third-order valence-corrected chi connectivity index (χ3v) is 8.87. The molecular formula is C32H28ClN5O5S. The number of thiophene rings is 1. The van der Waals surface area contributed by atoms with Gasteiger partial charge in [0.2, 0.25) is 5.88 Å². The number of hydrogen-bond acceptors (Lipinski definition) is 10. The number of hydrogen-bond donors (Lipinski definition) is 1. The first kappa shape index (κ1) is 29.4. The summed E-state index contributed by atoms with van der Waals surface area (Å²) in [7, 11) is 1.58. The quantitative estimate of drug-likeness (QED) is 0.233. The summed E-state index contributed by atoms with van der Waals surface area (Å²) >= 11 is 7.73. The minimum Gasteiger partial charge on any atom is -0.491 e. The van der Waals surface area contributed by atoms with E-state index in [4.69, 9.17) is 26.1 Å². The molecular weight excluding hydrogens is 602 g/mol. The standard InChI is InChI=1S/C32H28ClN5O5S/c1-18-12-23(31-30(35-18)25(17-44-31)32(40)41)22-13-20(33)4-5-28(22)43-11-10-38-19(2)36-26-7-9-37(15-24(26)27(38)16-39)21-6-8-34-29(14-21)42-3/h4-6,8,12-14,17H,7,9-11,15H2,1-3H3,(H,40,41). The molecule has 12 heteroatoms. The number of carboxylic acid groups (broad SMARTS) is 1. The van der Waals surface area contributed by atoms with Crippen molar-refractivity contribution in [2.75, 3.05) is 38.3 Å². The summed E-state index contributed by atoms with van der Waals surface area (Å²) in [6.45, 7) is 5.54. The SMILES string of the molecule is COc1cc(N2CCC3=C(C2)C(=C=O)N(CCOc2ccc(Cl)cc2-c2cc(C)nc4c(C(=O)O)csc24)C(C)=N3)ccn1. The second-order valence-electron chi connectivity index (χ2n) is 10.3. The van der Waals surface area contributed by atoms with Crippen molar-refractivity contribution < 1.29 is 24.2 Å². The predicted molar refractivity (Wildman–Crippen MR) is 171 cm³/mol. The van der Waals surface area contributed by atoms with Crippen LogP contribution < -0.4 is 14.4 Å². The van der Waals surface area contributed by atoms with Gasteiger partial charge in [-0.25, -0.2) is 19.6 Å². The van der Waals surface area contributed by atoms with Crippen molar-refractivity contribution >= 4 is 56.6 Å². The van der Waals surface area contributed by atoms with E-state index in [2.05, 4.69) is 20.8 Å². The zero-order valence-corrected chi connectivity index (χ0v) is 25.8. The topological polar surface area (TPSA) is 117 Å². The minimum atomic E-state index is -1.03. The number of carbonyl (C=O) groups excluding carboxylic acids is 1. The Morgan fingerprint density at radius 1 is 1.18 bits per heavy atom. The van der Waals surface area contributed by atoms with Gasteiger partial charge in [-0.1, -0.05) is 11.6 Å². The molecule has 5 heterocycles. The number of aromatic nitrogens is 2. The van der Waals surface area contributed by atoms with E-state index in [1.165, 1.54) is 11.3 Å². The van der Waals surface area contributed by atoms with Gasteiger partial charge in [-0.15, -0.1) is 11.3 Å². The van der Waals surface area contributed by atoms with E-state index in [1.54, 1.807) is 36.9 Å². The van der Waals surface area contributed by atoms with Crippen LogP contribution in [0.2, 0.25) is 5.02 Å². The Balaban J connectivity index is 1.24. The minimum absolute atomic E-state index is 0.158. The van der Waals surface area contributed by atoms with Gasteiger partial charge in [0.15, 0.2) is 5.94 Å². The number of benzene rings is 1. The Morgan fingerprint density at radius 2 is 2.02 bits per heavy atom. The van der Waals surface area contributed by atoms with Crippen molar-refractivity contribution in [3.63, 3.8) is 0 Å². The van der Waals surface area contributed by atoms with Crippen molar-refractivity contribution in [1.29, 1.82) is 0 Å². The van der Waals surface area contributed by atoms with Gasteiger partial charge in [0.25, 0.3) is 0 Å². The van der Waals surface area contributed by atoms with Crippen LogP contribution in [0.3, 0.4) is 0 Å². The summed E-state index contributed by atoms with van der Waals surface area (Å²) in [4.78, 5) is 41.7. The van der Waals surface area contributed by atoms with Crippen LogP contribution in [0.25, 0.3) is 21.3 Å². The van der Waals surface area contributed by atoms with Crippen LogP contribution in [-0.4, -0.2) is 71.1 Å². The van der Waals surface area contributed by atoms with Crippen LogP contribution in [0, 0.1) is 6.92 Å². The first-order chi connectivity index (χ1) is 21.3. The van der Waals surface area contributed by atoms with E-state index in [9.17, 15) is 14.7 Å². The molecule has 0 saturated heterocycles. The summed E-state index contributed by atoms with van der Waals surface area (Å²) in [5, 5.41) is 11.8. The number of halogens is 1. The number of aromatic carboxylic acids is 1. The van der Waals surface area contributed by atoms with Gasteiger partial charge in [0.1, 0.15) is 23.9 Å². The van der Waals surface area contributed by atoms with Crippen LogP contribution in [0.15, 0.2) is 69.9 Å². The van der Waals surface area contributed by atoms with Crippen LogP contribution in [0.5, 0.6) is 11.6 Å². The van der Waals surface area contributed by atoms with Gasteiger partial charge in [-0.2, -0.15) is 0 Å². The van der Waals surface area contributed by atoms with Crippen molar-refractivity contribution in [2.24, 2.45) is 4.99 Å². The fourth-order valence-corrected chi connectivity index (χ4v) is 6.74. The van der Waals surface area contributed by atoms with E-state index in [0.717, 1.165) is 39.3 Å². The third kappa shape index (κ3) is 5.53. The zero-order chi connectivity index (χ0) is 31.0. The van der Waals surface area contributed by atoms with Crippen LogP contribution in [0.1, 0.15) is 29.4 Å². The van der Waals surface area contributed by atoms with Gasteiger partial charge < -0.3 is 24.4 Å². The number of rotatable bonds is 8. The Hall–Kier alpha value is -4.70. The van der Waals surface area contributed by atoms with E-state index in [1.807, 2.05) is 36.9 Å². The highest BCUT2D eigenvalue weighted by Crippen LogP contribution is 2.40. The highest BCUT2D eigenvalue weighted by atomic mass is 35.5. The maximum atomic E-state index is 12.4. The highest BCUT2D eigenvalue weighted by Gasteiger charge is 2.31. The molecule has 10 nitrogen and oxygen atoms in total. The average molecular weight is 630 g/mol. The van der Waals surface area contributed by atoms with Crippen molar-refractivity contribution in [1.82, 2.24) is 14.9 Å². The molecule has 0 fully saturated rings. The molecule has 0 aliphatic carbocycles. The molecule has 1 N–H and O–H groups in total. The van der Waals surface area contributed by atoms with Crippen molar-refractivity contribution in [2.45, 2.75) is 20.3 Å². The number of carbonyl (C=O) groups is 1. The van der Waals surface area contributed by atoms with Gasteiger partial charge in [-0.05, 0) is 44.2 Å². The predicted octanol–water partition coefficient (Wildman–Crippen LogP) is 6.02. The van der Waals surface area contributed by atoms with Gasteiger partial charge in [0, 0.05) is 70.3 Å². The molecule has 3 aromatic heterocycles. The summed E-state index contributed by atoms with van der Waals surface area (Å²) in [6, 6.07) is 11.0. The van der Waals surface area contributed by atoms with Crippen molar-refractivity contribution in [3.05, 3.63) is 81.2 Å². The van der Waals surface area contributed by atoms with Gasteiger partial charge in [0.05, 0.1) is 35.1 Å². The molecule has 0 saturated carbocycles. The lowest BCUT2D eigenvalue weighted by Crippen LogP contribution is -2.41. The maximum Gasteiger partial charge on any atom is 0.338 e. The molecule has 224 valence electrons. The molecule has 44 heavy (non-hydrogen) atoms. The number of pyridine rings is 2. The fourth-order valence-electron chi connectivity index (χ4n) is 5.56. The zero-order valence-electron chi connectivity index (χ0n) is 24.3. The molecule has 4 aromatic rings. The summed E-state index contributed by atoms with van der Waals surface area (Å²) in [5.74, 6) is 2.94. The third-order valence-electron chi connectivity index (χ3n) is 7.63. The lowest BCUT2D eigenvalue weighted by molar-refractivity contribution is 0.0699. The molecule has 2 aliphatic rings. The van der Waals surface area contributed by atoms with Crippen LogP contribution in [0.4, 0.5) is 5.69 Å². The van der Waals surface area contributed by atoms with E-state index >= 15 is 0 Å². The first-order valence-corrected chi connectivity index (χ1v) is 15.1. The second-order valence-corrected chi connectivity index (χ2v) is 11.7. The lowest BCUT2D eigenvalue weighted by atomic mass is 10.00. The normalized spacial score (nSPS) is 14.8.